The lowest BCUT2D eigenvalue weighted by molar-refractivity contribution is -0.385. The summed E-state index contributed by atoms with van der Waals surface area (Å²) in [5.41, 5.74) is 2.76. The van der Waals surface area contributed by atoms with Crippen molar-refractivity contribution >= 4 is 23.0 Å². The van der Waals surface area contributed by atoms with E-state index in [4.69, 9.17) is 0 Å². The third-order valence-electron chi connectivity index (χ3n) is 4.25. The Hall–Kier alpha value is -2.89. The fraction of sp³-hybridized carbons (Fsp3) is 0.278. The van der Waals surface area contributed by atoms with Crippen molar-refractivity contribution < 1.29 is 9.72 Å². The Balaban J connectivity index is 1.80. The van der Waals surface area contributed by atoms with Crippen molar-refractivity contribution in [2.75, 3.05) is 23.3 Å². The third-order valence-corrected chi connectivity index (χ3v) is 4.25. The molecule has 1 fully saturated rings. The Bertz CT molecular complexity index is 783. The third kappa shape index (κ3) is 3.22. The molecule has 1 amide bonds. The van der Waals surface area contributed by atoms with Gasteiger partial charge >= 0.3 is 0 Å². The molecule has 6 heteroatoms. The first-order valence-corrected chi connectivity index (χ1v) is 7.96. The van der Waals surface area contributed by atoms with E-state index >= 15 is 0 Å². The van der Waals surface area contributed by atoms with Crippen LogP contribution in [0.3, 0.4) is 0 Å². The molecule has 2 aromatic carbocycles. The summed E-state index contributed by atoms with van der Waals surface area (Å²) in [5.74, 6) is -0.476. The van der Waals surface area contributed by atoms with Crippen LogP contribution in [0.1, 0.15) is 28.8 Å². The van der Waals surface area contributed by atoms with Gasteiger partial charge in [0.15, 0.2) is 0 Å². The second kappa shape index (κ2) is 6.70. The average Bonchev–Trinajstić information content (AvgIpc) is 3.09. The molecule has 1 N–H and O–H groups in total. The van der Waals surface area contributed by atoms with Crippen molar-refractivity contribution in [3.05, 3.63) is 63.7 Å². The zero-order valence-electron chi connectivity index (χ0n) is 13.5. The Labute approximate surface area is 140 Å². The highest BCUT2D eigenvalue weighted by Gasteiger charge is 2.20. The van der Waals surface area contributed by atoms with E-state index in [1.807, 2.05) is 25.1 Å². The first-order valence-electron chi connectivity index (χ1n) is 7.96. The smallest absolute Gasteiger partial charge is 0.282 e. The molecule has 6 nitrogen and oxygen atoms in total. The van der Waals surface area contributed by atoms with Gasteiger partial charge in [-0.3, -0.25) is 14.9 Å². The second-order valence-corrected chi connectivity index (χ2v) is 5.92. The van der Waals surface area contributed by atoms with Crippen molar-refractivity contribution in [3.8, 4) is 0 Å². The van der Waals surface area contributed by atoms with Crippen LogP contribution in [0.4, 0.5) is 17.1 Å². The number of nitro benzene ring substituents is 1. The highest BCUT2D eigenvalue weighted by Crippen LogP contribution is 2.27. The summed E-state index contributed by atoms with van der Waals surface area (Å²) in [6.45, 7) is 4.12. The zero-order valence-corrected chi connectivity index (χ0v) is 13.5. The van der Waals surface area contributed by atoms with E-state index in [1.165, 1.54) is 30.7 Å². The number of nitrogens with one attached hydrogen (secondary N) is 1. The number of anilines is 2. The topological polar surface area (TPSA) is 75.5 Å². The van der Waals surface area contributed by atoms with E-state index in [-0.39, 0.29) is 11.3 Å². The number of amides is 1. The molecule has 0 atom stereocenters. The molecule has 3 rings (SSSR count). The molecule has 0 bridgehead atoms. The van der Waals surface area contributed by atoms with Crippen molar-refractivity contribution in [1.82, 2.24) is 0 Å². The van der Waals surface area contributed by atoms with Crippen molar-refractivity contribution in [2.45, 2.75) is 19.8 Å². The number of rotatable bonds is 4. The van der Waals surface area contributed by atoms with Crippen LogP contribution in [0.5, 0.6) is 0 Å². The molecule has 0 radical (unpaired) electrons. The number of hydrogen-bond donors (Lipinski definition) is 1. The molecule has 24 heavy (non-hydrogen) atoms. The summed E-state index contributed by atoms with van der Waals surface area (Å²) in [5, 5.41) is 13.8. The summed E-state index contributed by atoms with van der Waals surface area (Å²) >= 11 is 0. The van der Waals surface area contributed by atoms with E-state index in [9.17, 15) is 14.9 Å². The number of nitrogens with zero attached hydrogens (tertiary/aromatic N) is 2. The highest BCUT2D eigenvalue weighted by atomic mass is 16.6. The van der Waals surface area contributed by atoms with E-state index in [1.54, 1.807) is 12.1 Å². The first kappa shape index (κ1) is 16.0. The number of carbonyl (C=O) groups is 1. The minimum atomic E-state index is -0.545. The maximum atomic E-state index is 12.4. The summed E-state index contributed by atoms with van der Waals surface area (Å²) in [6.07, 6.45) is 2.41. The molecule has 0 aromatic heterocycles. The van der Waals surface area contributed by atoms with Crippen LogP contribution < -0.4 is 10.2 Å². The normalized spacial score (nSPS) is 13.8. The van der Waals surface area contributed by atoms with Gasteiger partial charge in [0, 0.05) is 30.5 Å². The fourth-order valence-corrected chi connectivity index (χ4v) is 3.07. The maximum absolute atomic E-state index is 12.4. The lowest BCUT2D eigenvalue weighted by atomic mass is 10.1. The summed E-state index contributed by atoms with van der Waals surface area (Å²) in [4.78, 5) is 25.2. The van der Waals surface area contributed by atoms with Crippen LogP contribution in [0.2, 0.25) is 0 Å². The number of carbonyl (C=O) groups excluding carboxylic acids is 1. The SMILES string of the molecule is Cc1cc(NC(=O)c2ccccc2[N+](=O)[O-])ccc1N1CCCC1. The molecule has 1 aliphatic rings. The minimum Gasteiger partial charge on any atom is -0.371 e. The van der Waals surface area contributed by atoms with Crippen LogP contribution in [-0.2, 0) is 0 Å². The van der Waals surface area contributed by atoms with Gasteiger partial charge in [-0.05, 0) is 49.6 Å². The number of aryl methyl sites for hydroxylation is 1. The van der Waals surface area contributed by atoms with Gasteiger partial charge in [0.2, 0.25) is 0 Å². The number of para-hydroxylation sites is 1. The van der Waals surface area contributed by atoms with Gasteiger partial charge < -0.3 is 10.2 Å². The predicted molar refractivity (Wildman–Crippen MR) is 93.7 cm³/mol. The van der Waals surface area contributed by atoms with E-state index in [0.29, 0.717) is 5.69 Å². The van der Waals surface area contributed by atoms with Crippen LogP contribution in [0.25, 0.3) is 0 Å². The van der Waals surface area contributed by atoms with E-state index in [2.05, 4.69) is 10.2 Å². The minimum absolute atomic E-state index is 0.0590. The summed E-state index contributed by atoms with van der Waals surface area (Å²) < 4.78 is 0. The van der Waals surface area contributed by atoms with Crippen LogP contribution in [0.15, 0.2) is 42.5 Å². The van der Waals surface area contributed by atoms with Gasteiger partial charge in [0.1, 0.15) is 5.56 Å². The summed E-state index contributed by atoms with van der Waals surface area (Å²) in [7, 11) is 0. The summed E-state index contributed by atoms with van der Waals surface area (Å²) in [6, 6.07) is 11.7. The predicted octanol–water partition coefficient (Wildman–Crippen LogP) is 3.76. The lowest BCUT2D eigenvalue weighted by Crippen LogP contribution is -2.19. The van der Waals surface area contributed by atoms with Gasteiger partial charge in [-0.15, -0.1) is 0 Å². The molecule has 0 aliphatic carbocycles. The molecule has 2 aromatic rings. The molecule has 124 valence electrons. The highest BCUT2D eigenvalue weighted by molar-refractivity contribution is 6.07. The largest absolute Gasteiger partial charge is 0.371 e. The molecular formula is C18H19N3O3. The zero-order chi connectivity index (χ0) is 17.1. The lowest BCUT2D eigenvalue weighted by Gasteiger charge is -2.20. The van der Waals surface area contributed by atoms with Gasteiger partial charge in [-0.2, -0.15) is 0 Å². The monoisotopic (exact) mass is 325 g/mol. The molecule has 0 saturated carbocycles. The van der Waals surface area contributed by atoms with Crippen LogP contribution >= 0.6 is 0 Å². The van der Waals surface area contributed by atoms with Crippen molar-refractivity contribution in [1.29, 1.82) is 0 Å². The number of nitro groups is 1. The van der Waals surface area contributed by atoms with Crippen LogP contribution in [-0.4, -0.2) is 23.9 Å². The molecule has 1 heterocycles. The van der Waals surface area contributed by atoms with Gasteiger partial charge in [0.05, 0.1) is 4.92 Å². The molecule has 0 unspecified atom stereocenters. The van der Waals surface area contributed by atoms with Crippen molar-refractivity contribution in [3.63, 3.8) is 0 Å². The number of benzene rings is 2. The molecular weight excluding hydrogens is 306 g/mol. The Morgan fingerprint density at radius 1 is 1.17 bits per heavy atom. The average molecular weight is 325 g/mol. The van der Waals surface area contributed by atoms with Gasteiger partial charge in [-0.1, -0.05) is 12.1 Å². The Kier molecular flexibility index (Phi) is 4.46. The standard InChI is InChI=1S/C18H19N3O3/c1-13-12-14(8-9-16(13)20-10-4-5-11-20)19-18(22)15-6-2-3-7-17(15)21(23)24/h2-3,6-9,12H,4-5,10-11H2,1H3,(H,19,22). The quantitative estimate of drug-likeness (QED) is 0.686. The molecule has 1 saturated heterocycles. The van der Waals surface area contributed by atoms with E-state index in [0.717, 1.165) is 18.7 Å². The number of hydrogen-bond acceptors (Lipinski definition) is 4. The fourth-order valence-electron chi connectivity index (χ4n) is 3.07. The first-order chi connectivity index (χ1) is 11.6. The molecule has 1 aliphatic heterocycles. The van der Waals surface area contributed by atoms with Gasteiger partial charge in [-0.25, -0.2) is 0 Å². The van der Waals surface area contributed by atoms with E-state index < -0.39 is 10.8 Å². The Morgan fingerprint density at radius 2 is 1.88 bits per heavy atom. The molecule has 0 spiro atoms. The maximum Gasteiger partial charge on any atom is 0.282 e. The second-order valence-electron chi connectivity index (χ2n) is 5.92. The Morgan fingerprint density at radius 3 is 2.54 bits per heavy atom. The van der Waals surface area contributed by atoms with Crippen LogP contribution in [0, 0.1) is 17.0 Å². The van der Waals surface area contributed by atoms with Crippen molar-refractivity contribution in [2.24, 2.45) is 0 Å². The van der Waals surface area contributed by atoms with Gasteiger partial charge in [0.25, 0.3) is 11.6 Å².